The van der Waals surface area contributed by atoms with Gasteiger partial charge in [0.25, 0.3) is 0 Å². The van der Waals surface area contributed by atoms with Crippen molar-refractivity contribution in [3.8, 4) is 5.75 Å². The van der Waals surface area contributed by atoms with E-state index in [0.29, 0.717) is 28.0 Å². The number of benzene rings is 1. The van der Waals surface area contributed by atoms with Crippen molar-refractivity contribution in [2.75, 3.05) is 12.8 Å². The second-order valence-electron chi connectivity index (χ2n) is 4.14. The van der Waals surface area contributed by atoms with Crippen molar-refractivity contribution in [3.05, 3.63) is 23.9 Å². The van der Waals surface area contributed by atoms with Crippen LogP contribution in [0.4, 0.5) is 18.9 Å². The number of hydrogen-bond donors (Lipinski definition) is 1. The maximum Gasteiger partial charge on any atom is 0.406 e. The van der Waals surface area contributed by atoms with Crippen LogP contribution in [-0.2, 0) is 6.54 Å². The van der Waals surface area contributed by atoms with Gasteiger partial charge in [0.2, 0.25) is 0 Å². The zero-order chi connectivity index (χ0) is 13.5. The number of alkyl halides is 3. The number of nitrogens with two attached hydrogens (primary N) is 1. The highest BCUT2D eigenvalue weighted by atomic mass is 19.4. The third-order valence-electron chi connectivity index (χ3n) is 2.81. The number of aromatic nitrogens is 1. The summed E-state index contributed by atoms with van der Waals surface area (Å²) in [5.74, 6) is 0.446. The van der Waals surface area contributed by atoms with E-state index in [9.17, 15) is 13.2 Å². The zero-order valence-corrected chi connectivity index (χ0v) is 10.0. The van der Waals surface area contributed by atoms with Crippen molar-refractivity contribution < 1.29 is 17.9 Å². The topological polar surface area (TPSA) is 40.2 Å². The van der Waals surface area contributed by atoms with E-state index in [4.69, 9.17) is 10.5 Å². The fourth-order valence-electron chi connectivity index (χ4n) is 2.00. The molecule has 0 aliphatic rings. The molecule has 0 spiro atoms. The fraction of sp³-hybridized carbons (Fsp3) is 0.333. The first kappa shape index (κ1) is 12.6. The molecule has 0 fully saturated rings. The normalized spacial score (nSPS) is 12.1. The van der Waals surface area contributed by atoms with Crippen LogP contribution in [0.3, 0.4) is 0 Å². The molecular formula is C12H13F3N2O. The molecule has 1 heterocycles. The standard InChI is InChI=1S/C12H13F3N2O/c1-7-3-9-10(16)4-8(18-2)5-11(9)17(7)6-12(13,14)15/h3-5H,6,16H2,1-2H3. The van der Waals surface area contributed by atoms with E-state index in [2.05, 4.69) is 0 Å². The van der Waals surface area contributed by atoms with Crippen LogP contribution in [0, 0.1) is 6.92 Å². The maximum atomic E-state index is 12.5. The Balaban J connectivity index is 2.65. The summed E-state index contributed by atoms with van der Waals surface area (Å²) < 4.78 is 43.8. The molecule has 6 heteroatoms. The van der Waals surface area contributed by atoms with Gasteiger partial charge in [-0.25, -0.2) is 0 Å². The molecule has 1 aromatic heterocycles. The van der Waals surface area contributed by atoms with Crippen molar-refractivity contribution in [1.82, 2.24) is 4.57 Å². The molecule has 0 saturated carbocycles. The highest BCUT2D eigenvalue weighted by molar-refractivity contribution is 5.93. The maximum absolute atomic E-state index is 12.5. The molecule has 0 bridgehead atoms. The van der Waals surface area contributed by atoms with Gasteiger partial charge in [-0.3, -0.25) is 0 Å². The first-order valence-electron chi connectivity index (χ1n) is 5.32. The zero-order valence-electron chi connectivity index (χ0n) is 10.0. The molecule has 0 unspecified atom stereocenters. The van der Waals surface area contributed by atoms with Crippen LogP contribution < -0.4 is 10.5 Å². The number of hydrogen-bond acceptors (Lipinski definition) is 2. The summed E-state index contributed by atoms with van der Waals surface area (Å²) in [6.07, 6.45) is -4.27. The van der Waals surface area contributed by atoms with Gasteiger partial charge in [0.1, 0.15) is 12.3 Å². The van der Waals surface area contributed by atoms with Crippen LogP contribution in [0.15, 0.2) is 18.2 Å². The largest absolute Gasteiger partial charge is 0.497 e. The Morgan fingerprint density at radius 1 is 1.28 bits per heavy atom. The lowest BCUT2D eigenvalue weighted by molar-refractivity contribution is -0.140. The summed E-state index contributed by atoms with van der Waals surface area (Å²) in [6, 6.07) is 4.81. The van der Waals surface area contributed by atoms with Gasteiger partial charge in [0, 0.05) is 28.9 Å². The number of nitrogen functional groups attached to an aromatic ring is 1. The number of anilines is 1. The summed E-state index contributed by atoms with van der Waals surface area (Å²) in [5, 5.41) is 0.609. The molecule has 18 heavy (non-hydrogen) atoms. The molecule has 0 radical (unpaired) electrons. The minimum absolute atomic E-state index is 0.411. The van der Waals surface area contributed by atoms with E-state index in [1.54, 1.807) is 25.1 Å². The van der Waals surface area contributed by atoms with Crippen LogP contribution in [0.1, 0.15) is 5.69 Å². The summed E-state index contributed by atoms with van der Waals surface area (Å²) >= 11 is 0. The first-order chi connectivity index (χ1) is 8.31. The molecule has 2 N–H and O–H groups in total. The Labute approximate surface area is 102 Å². The molecule has 2 aromatic rings. The number of nitrogens with zero attached hydrogens (tertiary/aromatic N) is 1. The third-order valence-corrected chi connectivity index (χ3v) is 2.81. The Hall–Kier alpha value is -1.85. The number of aryl methyl sites for hydroxylation is 1. The Morgan fingerprint density at radius 2 is 1.94 bits per heavy atom. The molecule has 0 aliphatic heterocycles. The van der Waals surface area contributed by atoms with Gasteiger partial charge >= 0.3 is 6.18 Å². The van der Waals surface area contributed by atoms with Crippen molar-refractivity contribution in [3.63, 3.8) is 0 Å². The molecule has 1 aromatic carbocycles. The number of fused-ring (bicyclic) bond motifs is 1. The van der Waals surface area contributed by atoms with Crippen molar-refractivity contribution in [1.29, 1.82) is 0 Å². The van der Waals surface area contributed by atoms with Crippen LogP contribution in [0.5, 0.6) is 5.75 Å². The second kappa shape index (κ2) is 4.12. The van der Waals surface area contributed by atoms with E-state index in [1.807, 2.05) is 0 Å². The quantitative estimate of drug-likeness (QED) is 0.841. The average molecular weight is 258 g/mol. The predicted octanol–water partition coefficient (Wildman–Crippen LogP) is 3.10. The highest BCUT2D eigenvalue weighted by Gasteiger charge is 2.29. The second-order valence-corrected chi connectivity index (χ2v) is 4.14. The summed E-state index contributed by atoms with van der Waals surface area (Å²) in [6.45, 7) is 0.590. The molecular weight excluding hydrogens is 245 g/mol. The van der Waals surface area contributed by atoms with Gasteiger partial charge in [-0.05, 0) is 13.0 Å². The summed E-state index contributed by atoms with van der Waals surface area (Å²) in [4.78, 5) is 0. The smallest absolute Gasteiger partial charge is 0.406 e. The molecule has 0 aliphatic carbocycles. The lowest BCUT2D eigenvalue weighted by Crippen LogP contribution is -2.18. The lowest BCUT2D eigenvalue weighted by Gasteiger charge is -2.12. The van der Waals surface area contributed by atoms with Gasteiger partial charge in [-0.1, -0.05) is 0 Å². The van der Waals surface area contributed by atoms with E-state index >= 15 is 0 Å². The van der Waals surface area contributed by atoms with Gasteiger partial charge in [-0.2, -0.15) is 13.2 Å². The summed E-state index contributed by atoms with van der Waals surface area (Å²) in [5.41, 5.74) is 7.16. The van der Waals surface area contributed by atoms with Crippen molar-refractivity contribution in [2.24, 2.45) is 0 Å². The summed E-state index contributed by atoms with van der Waals surface area (Å²) in [7, 11) is 1.45. The highest BCUT2D eigenvalue weighted by Crippen LogP contribution is 2.32. The Morgan fingerprint density at radius 3 is 2.50 bits per heavy atom. The Bertz CT molecular complexity index is 587. The number of rotatable bonds is 2. The van der Waals surface area contributed by atoms with Crippen LogP contribution in [0.25, 0.3) is 10.9 Å². The molecule has 98 valence electrons. The van der Waals surface area contributed by atoms with E-state index in [0.717, 1.165) is 0 Å². The first-order valence-corrected chi connectivity index (χ1v) is 5.32. The molecule has 0 amide bonds. The predicted molar refractivity (Wildman–Crippen MR) is 63.7 cm³/mol. The Kier molecular flexibility index (Phi) is 2.88. The molecule has 0 saturated heterocycles. The number of methoxy groups -OCH3 is 1. The number of halogens is 3. The molecule has 0 atom stereocenters. The van der Waals surface area contributed by atoms with E-state index < -0.39 is 12.7 Å². The van der Waals surface area contributed by atoms with Crippen LogP contribution in [-0.4, -0.2) is 17.9 Å². The molecule has 2 rings (SSSR count). The minimum atomic E-state index is -4.27. The minimum Gasteiger partial charge on any atom is -0.497 e. The monoisotopic (exact) mass is 258 g/mol. The van der Waals surface area contributed by atoms with Gasteiger partial charge in [0.15, 0.2) is 0 Å². The van der Waals surface area contributed by atoms with E-state index in [-0.39, 0.29) is 0 Å². The van der Waals surface area contributed by atoms with Crippen LogP contribution >= 0.6 is 0 Å². The SMILES string of the molecule is COc1cc(N)c2cc(C)n(CC(F)(F)F)c2c1. The van der Waals surface area contributed by atoms with E-state index in [1.165, 1.54) is 11.7 Å². The van der Waals surface area contributed by atoms with Crippen molar-refractivity contribution >= 4 is 16.6 Å². The van der Waals surface area contributed by atoms with Crippen molar-refractivity contribution in [2.45, 2.75) is 19.6 Å². The lowest BCUT2D eigenvalue weighted by atomic mass is 10.2. The fourth-order valence-corrected chi connectivity index (χ4v) is 2.00. The van der Waals surface area contributed by atoms with Gasteiger partial charge < -0.3 is 15.0 Å². The average Bonchev–Trinajstić information content (AvgIpc) is 2.55. The number of ether oxygens (including phenoxy) is 1. The van der Waals surface area contributed by atoms with Crippen LogP contribution in [0.2, 0.25) is 0 Å². The molecule has 3 nitrogen and oxygen atoms in total. The third kappa shape index (κ3) is 2.23. The van der Waals surface area contributed by atoms with Gasteiger partial charge in [-0.15, -0.1) is 0 Å². The van der Waals surface area contributed by atoms with Gasteiger partial charge in [0.05, 0.1) is 12.6 Å².